The molecule has 0 unspecified atom stereocenters. The van der Waals surface area contributed by atoms with Gasteiger partial charge < -0.3 is 10.2 Å². The van der Waals surface area contributed by atoms with Crippen LogP contribution in [0.15, 0.2) is 77.7 Å². The van der Waals surface area contributed by atoms with Crippen LogP contribution in [0.4, 0.5) is 5.69 Å². The Morgan fingerprint density at radius 3 is 2.23 bits per heavy atom. The van der Waals surface area contributed by atoms with Crippen LogP contribution in [-0.2, 0) is 26.2 Å². The maximum Gasteiger partial charge on any atom is 0.264 e. The number of benzene rings is 3. The Kier molecular flexibility index (Phi) is 10.4. The van der Waals surface area contributed by atoms with E-state index in [0.717, 1.165) is 21.9 Å². The van der Waals surface area contributed by atoms with E-state index in [0.29, 0.717) is 0 Å². The fourth-order valence-electron chi connectivity index (χ4n) is 3.94. The number of nitrogens with one attached hydrogen (secondary N) is 1. The van der Waals surface area contributed by atoms with Crippen molar-refractivity contribution in [3.05, 3.63) is 94.0 Å². The predicted molar refractivity (Wildman–Crippen MR) is 157 cm³/mol. The number of aryl methyl sites for hydroxylation is 1. The first-order valence-corrected chi connectivity index (χ1v) is 14.8. The quantitative estimate of drug-likeness (QED) is 0.305. The summed E-state index contributed by atoms with van der Waals surface area (Å²) in [6, 6.07) is 18.9. The van der Waals surface area contributed by atoms with Gasteiger partial charge in [0, 0.05) is 12.6 Å². The van der Waals surface area contributed by atoms with Gasteiger partial charge >= 0.3 is 0 Å². The summed E-state index contributed by atoms with van der Waals surface area (Å²) >= 11 is 12.3. The molecule has 0 spiro atoms. The lowest BCUT2D eigenvalue weighted by Crippen LogP contribution is -2.52. The predicted octanol–water partition coefficient (Wildman–Crippen LogP) is 5.83. The van der Waals surface area contributed by atoms with Crippen LogP contribution in [0, 0.1) is 6.92 Å². The molecule has 2 atom stereocenters. The number of halogens is 2. The molecular formula is C29H33Cl2N3O4S. The second-order valence-corrected chi connectivity index (χ2v) is 12.1. The molecule has 0 radical (unpaired) electrons. The SMILES string of the molecule is CC[C@@H](C)NC(=O)[C@@H](C)N(Cc1cccc(C)c1)C(=O)CN(c1ccc(Cl)c(Cl)c1)S(=O)(=O)c1ccccc1. The fourth-order valence-corrected chi connectivity index (χ4v) is 5.66. The number of sulfonamides is 1. The lowest BCUT2D eigenvalue weighted by molar-refractivity contribution is -0.139. The van der Waals surface area contributed by atoms with Crippen molar-refractivity contribution >= 4 is 50.7 Å². The van der Waals surface area contributed by atoms with Crippen LogP contribution in [0.3, 0.4) is 0 Å². The second-order valence-electron chi connectivity index (χ2n) is 9.43. The standard InChI is InChI=1S/C29H33Cl2N3O4S/c1-5-21(3)32-29(36)22(4)33(18-23-11-9-10-20(2)16-23)28(35)19-34(24-14-15-26(30)27(31)17-24)39(37,38)25-12-7-6-8-13-25/h6-17,21-22H,5,18-19H2,1-4H3,(H,32,36)/t21-,22-/m1/s1. The zero-order valence-corrected chi connectivity index (χ0v) is 24.7. The summed E-state index contributed by atoms with van der Waals surface area (Å²) < 4.78 is 28.6. The van der Waals surface area contributed by atoms with Gasteiger partial charge in [-0.25, -0.2) is 8.42 Å². The molecule has 3 aromatic rings. The molecule has 208 valence electrons. The van der Waals surface area contributed by atoms with Gasteiger partial charge in [-0.15, -0.1) is 0 Å². The van der Waals surface area contributed by atoms with Gasteiger partial charge in [0.1, 0.15) is 12.6 Å². The Morgan fingerprint density at radius 2 is 1.62 bits per heavy atom. The maximum atomic E-state index is 13.9. The summed E-state index contributed by atoms with van der Waals surface area (Å²) in [6.07, 6.45) is 0.727. The Labute approximate surface area is 240 Å². The third-order valence-corrected chi connectivity index (χ3v) is 8.93. The number of nitrogens with zero attached hydrogens (tertiary/aromatic N) is 2. The Bertz CT molecular complexity index is 1420. The number of hydrogen-bond donors (Lipinski definition) is 1. The summed E-state index contributed by atoms with van der Waals surface area (Å²) in [6.45, 7) is 6.98. The van der Waals surface area contributed by atoms with Crippen LogP contribution in [0.25, 0.3) is 0 Å². The van der Waals surface area contributed by atoms with E-state index in [2.05, 4.69) is 5.32 Å². The summed E-state index contributed by atoms with van der Waals surface area (Å²) in [7, 11) is -4.18. The molecule has 0 heterocycles. The summed E-state index contributed by atoms with van der Waals surface area (Å²) in [4.78, 5) is 28.4. The lowest BCUT2D eigenvalue weighted by atomic mass is 10.1. The van der Waals surface area contributed by atoms with Gasteiger partial charge in [0.25, 0.3) is 10.0 Å². The van der Waals surface area contributed by atoms with Crippen LogP contribution >= 0.6 is 23.2 Å². The van der Waals surface area contributed by atoms with E-state index in [1.807, 2.05) is 45.0 Å². The summed E-state index contributed by atoms with van der Waals surface area (Å²) in [5, 5.41) is 3.32. The highest BCUT2D eigenvalue weighted by Gasteiger charge is 2.33. The van der Waals surface area contributed by atoms with Gasteiger partial charge in [0.05, 0.1) is 20.6 Å². The number of anilines is 1. The zero-order chi connectivity index (χ0) is 28.7. The van der Waals surface area contributed by atoms with Crippen LogP contribution in [0.5, 0.6) is 0 Å². The highest BCUT2D eigenvalue weighted by molar-refractivity contribution is 7.92. The molecule has 0 fully saturated rings. The van der Waals surface area contributed by atoms with Crippen LogP contribution in [-0.4, -0.2) is 43.8 Å². The third kappa shape index (κ3) is 7.75. The van der Waals surface area contributed by atoms with Crippen LogP contribution < -0.4 is 9.62 Å². The normalized spacial score (nSPS) is 12.9. The van der Waals surface area contributed by atoms with E-state index in [1.165, 1.54) is 35.2 Å². The minimum Gasteiger partial charge on any atom is -0.352 e. The smallest absolute Gasteiger partial charge is 0.264 e. The van der Waals surface area contributed by atoms with E-state index in [-0.39, 0.29) is 39.1 Å². The highest BCUT2D eigenvalue weighted by atomic mass is 35.5. The van der Waals surface area contributed by atoms with E-state index in [1.54, 1.807) is 25.1 Å². The lowest BCUT2D eigenvalue weighted by Gasteiger charge is -2.32. The first-order chi connectivity index (χ1) is 18.4. The molecule has 7 nitrogen and oxygen atoms in total. The van der Waals surface area contributed by atoms with E-state index < -0.39 is 28.5 Å². The first kappa shape index (κ1) is 30.5. The zero-order valence-electron chi connectivity index (χ0n) is 22.4. The number of amides is 2. The average Bonchev–Trinajstić information content (AvgIpc) is 2.91. The van der Waals surface area contributed by atoms with Gasteiger partial charge in [-0.1, -0.05) is 78.2 Å². The minimum atomic E-state index is -4.18. The van der Waals surface area contributed by atoms with Gasteiger partial charge in [0.2, 0.25) is 11.8 Å². The summed E-state index contributed by atoms with van der Waals surface area (Å²) in [5.74, 6) is -0.869. The van der Waals surface area contributed by atoms with Gasteiger partial charge in [-0.05, 0) is 63.1 Å². The molecule has 0 saturated carbocycles. The molecule has 0 aliphatic carbocycles. The molecule has 39 heavy (non-hydrogen) atoms. The van der Waals surface area contributed by atoms with Gasteiger partial charge in [-0.2, -0.15) is 0 Å². The van der Waals surface area contributed by atoms with Crippen molar-refractivity contribution in [1.82, 2.24) is 10.2 Å². The largest absolute Gasteiger partial charge is 0.352 e. The molecule has 10 heteroatoms. The van der Waals surface area contributed by atoms with Crippen molar-refractivity contribution in [3.63, 3.8) is 0 Å². The van der Waals surface area contributed by atoms with Gasteiger partial charge in [0.15, 0.2) is 0 Å². The van der Waals surface area contributed by atoms with Crippen molar-refractivity contribution in [1.29, 1.82) is 0 Å². The van der Waals surface area contributed by atoms with E-state index in [4.69, 9.17) is 23.2 Å². The topological polar surface area (TPSA) is 86.8 Å². The molecule has 0 aliphatic heterocycles. The van der Waals surface area contributed by atoms with E-state index in [9.17, 15) is 18.0 Å². The number of carbonyl (C=O) groups is 2. The van der Waals surface area contributed by atoms with Crippen molar-refractivity contribution in [2.24, 2.45) is 0 Å². The molecule has 0 bridgehead atoms. The minimum absolute atomic E-state index is 0.0108. The molecule has 0 aromatic heterocycles. The molecule has 3 rings (SSSR count). The number of rotatable bonds is 11. The molecule has 3 aromatic carbocycles. The Hall–Kier alpha value is -3.07. The van der Waals surface area contributed by atoms with Gasteiger partial charge in [-0.3, -0.25) is 13.9 Å². The van der Waals surface area contributed by atoms with E-state index >= 15 is 0 Å². The first-order valence-electron chi connectivity index (χ1n) is 12.6. The number of carbonyl (C=O) groups excluding carboxylic acids is 2. The molecule has 2 amide bonds. The Morgan fingerprint density at radius 1 is 0.923 bits per heavy atom. The molecule has 0 aliphatic rings. The molecule has 0 saturated heterocycles. The van der Waals surface area contributed by atoms with Crippen LogP contribution in [0.2, 0.25) is 10.0 Å². The van der Waals surface area contributed by atoms with Crippen molar-refractivity contribution < 1.29 is 18.0 Å². The fraction of sp³-hybridized carbons (Fsp3) is 0.310. The maximum absolute atomic E-state index is 13.9. The summed E-state index contributed by atoms with van der Waals surface area (Å²) in [5.41, 5.74) is 1.99. The average molecular weight is 591 g/mol. The monoisotopic (exact) mass is 589 g/mol. The molecule has 1 N–H and O–H groups in total. The number of hydrogen-bond acceptors (Lipinski definition) is 4. The Balaban J connectivity index is 2.04. The van der Waals surface area contributed by atoms with Crippen molar-refractivity contribution in [3.8, 4) is 0 Å². The van der Waals surface area contributed by atoms with Crippen molar-refractivity contribution in [2.75, 3.05) is 10.8 Å². The molecular weight excluding hydrogens is 557 g/mol. The van der Waals surface area contributed by atoms with Crippen LogP contribution in [0.1, 0.15) is 38.3 Å². The van der Waals surface area contributed by atoms with Crippen molar-refractivity contribution in [2.45, 2.75) is 57.6 Å². The third-order valence-electron chi connectivity index (χ3n) is 6.40. The second kappa shape index (κ2) is 13.3. The highest BCUT2D eigenvalue weighted by Crippen LogP contribution is 2.31.